The molecular formula is C13H17ClFNO3S. The molecule has 0 radical (unpaired) electrons. The maximum Gasteiger partial charge on any atom is 0.245 e. The van der Waals surface area contributed by atoms with Crippen LogP contribution in [0.5, 0.6) is 0 Å². The van der Waals surface area contributed by atoms with Crippen LogP contribution in [0, 0.1) is 11.7 Å². The van der Waals surface area contributed by atoms with E-state index in [9.17, 15) is 17.9 Å². The van der Waals surface area contributed by atoms with Crippen LogP contribution in [-0.2, 0) is 10.0 Å². The summed E-state index contributed by atoms with van der Waals surface area (Å²) in [7, 11) is -2.55. The molecule has 4 nitrogen and oxygen atoms in total. The van der Waals surface area contributed by atoms with E-state index in [1.807, 2.05) is 0 Å². The second-order valence-electron chi connectivity index (χ2n) is 5.10. The molecule has 0 aromatic heterocycles. The van der Waals surface area contributed by atoms with Gasteiger partial charge in [-0.15, -0.1) is 0 Å². The molecule has 0 amide bonds. The van der Waals surface area contributed by atoms with Gasteiger partial charge < -0.3 is 5.11 Å². The van der Waals surface area contributed by atoms with Gasteiger partial charge in [-0.05, 0) is 30.9 Å². The molecule has 1 saturated carbocycles. The van der Waals surface area contributed by atoms with Crippen molar-refractivity contribution >= 4 is 21.6 Å². The van der Waals surface area contributed by atoms with Gasteiger partial charge in [-0.1, -0.05) is 24.1 Å². The molecule has 1 fully saturated rings. The van der Waals surface area contributed by atoms with Crippen LogP contribution in [-0.4, -0.2) is 37.5 Å². The lowest BCUT2D eigenvalue weighted by molar-refractivity contribution is 0.123. The topological polar surface area (TPSA) is 57.6 Å². The van der Waals surface area contributed by atoms with Crippen LogP contribution >= 0.6 is 11.6 Å². The van der Waals surface area contributed by atoms with E-state index in [-0.39, 0.29) is 17.5 Å². The first-order valence-electron chi connectivity index (χ1n) is 6.42. The van der Waals surface area contributed by atoms with Crippen molar-refractivity contribution < 1.29 is 17.9 Å². The van der Waals surface area contributed by atoms with E-state index in [4.69, 9.17) is 11.6 Å². The van der Waals surface area contributed by atoms with Gasteiger partial charge in [-0.2, -0.15) is 0 Å². The maximum atomic E-state index is 13.9. The molecule has 2 rings (SSSR count). The molecule has 1 aliphatic rings. The zero-order valence-electron chi connectivity index (χ0n) is 11.1. The maximum absolute atomic E-state index is 13.9. The summed E-state index contributed by atoms with van der Waals surface area (Å²) in [5.74, 6) is -1.04. The molecule has 1 aromatic carbocycles. The largest absolute Gasteiger partial charge is 0.393 e. The van der Waals surface area contributed by atoms with Crippen molar-refractivity contribution in [2.75, 3.05) is 13.6 Å². The Hall–Kier alpha value is -0.690. The Kier molecular flexibility index (Phi) is 4.69. The average molecular weight is 322 g/mol. The summed E-state index contributed by atoms with van der Waals surface area (Å²) < 4.78 is 39.6. The Morgan fingerprint density at radius 3 is 2.75 bits per heavy atom. The first kappa shape index (κ1) is 15.7. The lowest BCUT2D eigenvalue weighted by atomic mass is 10.1. The monoisotopic (exact) mass is 321 g/mol. The fourth-order valence-electron chi connectivity index (χ4n) is 2.51. The number of nitrogens with zero attached hydrogens (tertiary/aromatic N) is 1. The van der Waals surface area contributed by atoms with Gasteiger partial charge in [0.15, 0.2) is 5.82 Å². The highest BCUT2D eigenvalue weighted by molar-refractivity contribution is 7.89. The van der Waals surface area contributed by atoms with E-state index in [0.717, 1.165) is 17.1 Å². The van der Waals surface area contributed by atoms with Gasteiger partial charge in [0.05, 0.1) is 11.1 Å². The predicted octanol–water partition coefficient (Wildman–Crippen LogP) is 2.26. The van der Waals surface area contributed by atoms with E-state index >= 15 is 0 Å². The Bertz CT molecular complexity index is 593. The lowest BCUT2D eigenvalue weighted by Gasteiger charge is -2.23. The molecule has 1 N–H and O–H groups in total. The number of aliphatic hydroxyl groups is 1. The zero-order valence-corrected chi connectivity index (χ0v) is 12.7. The fourth-order valence-corrected chi connectivity index (χ4v) is 4.05. The minimum atomic E-state index is -3.94. The third-order valence-electron chi connectivity index (χ3n) is 3.71. The number of hydrogen-bond acceptors (Lipinski definition) is 3. The lowest BCUT2D eigenvalue weighted by Crippen LogP contribution is -2.34. The van der Waals surface area contributed by atoms with Crippen LogP contribution in [0.25, 0.3) is 0 Å². The molecule has 0 saturated heterocycles. The van der Waals surface area contributed by atoms with Gasteiger partial charge >= 0.3 is 0 Å². The van der Waals surface area contributed by atoms with Crippen LogP contribution in [0.15, 0.2) is 23.1 Å². The summed E-state index contributed by atoms with van der Waals surface area (Å²) in [4.78, 5) is -0.431. The highest BCUT2D eigenvalue weighted by atomic mass is 35.5. The molecule has 0 spiro atoms. The highest BCUT2D eigenvalue weighted by Gasteiger charge is 2.32. The standard InChI is InChI=1S/C13H17ClFNO3S/c1-16(8-9-4-2-6-11(9)17)20(18,19)12-7-3-5-10(14)13(12)15/h3,5,7,9,11,17H,2,4,6,8H2,1H3. The van der Waals surface area contributed by atoms with Crippen LogP contribution in [0.1, 0.15) is 19.3 Å². The van der Waals surface area contributed by atoms with Crippen molar-refractivity contribution in [2.24, 2.45) is 5.92 Å². The predicted molar refractivity (Wildman–Crippen MR) is 74.6 cm³/mol. The number of sulfonamides is 1. The SMILES string of the molecule is CN(CC1CCCC1O)S(=O)(=O)c1cccc(Cl)c1F. The van der Waals surface area contributed by atoms with Crippen LogP contribution in [0.4, 0.5) is 4.39 Å². The van der Waals surface area contributed by atoms with Crippen LogP contribution in [0.3, 0.4) is 0 Å². The van der Waals surface area contributed by atoms with E-state index in [1.54, 1.807) is 0 Å². The van der Waals surface area contributed by atoms with Crippen molar-refractivity contribution in [1.29, 1.82) is 0 Å². The van der Waals surface area contributed by atoms with E-state index in [0.29, 0.717) is 6.42 Å². The summed E-state index contributed by atoms with van der Waals surface area (Å²) in [6.07, 6.45) is 1.85. The molecule has 1 aliphatic carbocycles. The van der Waals surface area contributed by atoms with Gasteiger partial charge in [-0.3, -0.25) is 0 Å². The molecule has 7 heteroatoms. The smallest absolute Gasteiger partial charge is 0.245 e. The Balaban J connectivity index is 2.23. The summed E-state index contributed by atoms with van der Waals surface area (Å²) in [5.41, 5.74) is 0. The summed E-state index contributed by atoms with van der Waals surface area (Å²) in [6.45, 7) is 0.176. The Morgan fingerprint density at radius 1 is 1.45 bits per heavy atom. The van der Waals surface area contributed by atoms with Gasteiger partial charge in [-0.25, -0.2) is 17.1 Å². The Labute approximate surface area is 123 Å². The first-order valence-corrected chi connectivity index (χ1v) is 8.24. The van der Waals surface area contributed by atoms with Gasteiger partial charge in [0, 0.05) is 13.6 Å². The van der Waals surface area contributed by atoms with Crippen molar-refractivity contribution in [3.05, 3.63) is 29.0 Å². The Morgan fingerprint density at radius 2 is 2.15 bits per heavy atom. The molecule has 2 unspecified atom stereocenters. The van der Waals surface area contributed by atoms with Gasteiger partial charge in [0.2, 0.25) is 10.0 Å². The highest BCUT2D eigenvalue weighted by Crippen LogP contribution is 2.29. The van der Waals surface area contributed by atoms with E-state index in [2.05, 4.69) is 0 Å². The van der Waals surface area contributed by atoms with Gasteiger partial charge in [0.25, 0.3) is 0 Å². The molecule has 2 atom stereocenters. The molecule has 0 aliphatic heterocycles. The number of hydrogen-bond donors (Lipinski definition) is 1. The summed E-state index contributed by atoms with van der Waals surface area (Å²) in [5, 5.41) is 9.53. The number of halogens is 2. The van der Waals surface area contributed by atoms with Crippen molar-refractivity contribution in [1.82, 2.24) is 4.31 Å². The number of benzene rings is 1. The quantitative estimate of drug-likeness (QED) is 0.925. The van der Waals surface area contributed by atoms with E-state index in [1.165, 1.54) is 25.2 Å². The molecule has 112 valence electrons. The average Bonchev–Trinajstić information content (AvgIpc) is 2.78. The zero-order chi connectivity index (χ0) is 14.9. The van der Waals surface area contributed by atoms with Crippen LogP contribution in [0.2, 0.25) is 5.02 Å². The first-order chi connectivity index (χ1) is 9.34. The second-order valence-corrected chi connectivity index (χ2v) is 7.52. The fraction of sp³-hybridized carbons (Fsp3) is 0.538. The number of aliphatic hydroxyl groups excluding tert-OH is 1. The van der Waals surface area contributed by atoms with E-state index < -0.39 is 26.8 Å². The molecule has 20 heavy (non-hydrogen) atoms. The third-order valence-corrected chi connectivity index (χ3v) is 5.85. The third kappa shape index (κ3) is 2.98. The minimum Gasteiger partial charge on any atom is -0.393 e. The normalized spacial score (nSPS) is 23.4. The van der Waals surface area contributed by atoms with Crippen LogP contribution < -0.4 is 0 Å². The summed E-state index contributed by atoms with van der Waals surface area (Å²) in [6, 6.07) is 3.89. The number of rotatable bonds is 4. The summed E-state index contributed by atoms with van der Waals surface area (Å²) >= 11 is 5.62. The molecule has 0 bridgehead atoms. The second kappa shape index (κ2) is 5.97. The molecule has 0 heterocycles. The van der Waals surface area contributed by atoms with Gasteiger partial charge in [0.1, 0.15) is 4.90 Å². The van der Waals surface area contributed by atoms with Crippen molar-refractivity contribution in [2.45, 2.75) is 30.3 Å². The molecular weight excluding hydrogens is 305 g/mol. The van der Waals surface area contributed by atoms with Crippen molar-refractivity contribution in [3.63, 3.8) is 0 Å². The van der Waals surface area contributed by atoms with Crippen molar-refractivity contribution in [3.8, 4) is 0 Å². The molecule has 1 aromatic rings. The minimum absolute atomic E-state index is 0.1000.